The molecule has 1 saturated heterocycles. The zero-order valence-corrected chi connectivity index (χ0v) is 13.7. The van der Waals surface area contributed by atoms with Crippen LogP contribution >= 0.6 is 0 Å². The van der Waals surface area contributed by atoms with Crippen LogP contribution in [-0.2, 0) is 6.42 Å². The number of rotatable bonds is 4. The van der Waals surface area contributed by atoms with E-state index in [-0.39, 0.29) is 5.91 Å². The van der Waals surface area contributed by atoms with E-state index < -0.39 is 0 Å². The summed E-state index contributed by atoms with van der Waals surface area (Å²) < 4.78 is 0. The largest absolute Gasteiger partial charge is 0.334 e. The Bertz CT molecular complexity index is 684. The van der Waals surface area contributed by atoms with Crippen LogP contribution in [0, 0.1) is 13.8 Å². The van der Waals surface area contributed by atoms with Crippen molar-refractivity contribution in [2.75, 3.05) is 6.54 Å². The molecule has 5 heteroatoms. The van der Waals surface area contributed by atoms with Crippen molar-refractivity contribution in [3.63, 3.8) is 0 Å². The highest BCUT2D eigenvalue weighted by Gasteiger charge is 2.29. The molecule has 2 aromatic rings. The third kappa shape index (κ3) is 3.73. The zero-order valence-electron chi connectivity index (χ0n) is 13.7. The summed E-state index contributed by atoms with van der Waals surface area (Å²) in [6.45, 7) is 4.69. The van der Waals surface area contributed by atoms with Gasteiger partial charge in [0.1, 0.15) is 5.69 Å². The summed E-state index contributed by atoms with van der Waals surface area (Å²) in [6, 6.07) is 4.46. The predicted molar refractivity (Wildman–Crippen MR) is 88.1 cm³/mol. The number of carbonyl (C=O) groups is 1. The Labute approximate surface area is 136 Å². The van der Waals surface area contributed by atoms with Crippen molar-refractivity contribution in [2.24, 2.45) is 0 Å². The molecule has 120 valence electrons. The predicted octanol–water partition coefficient (Wildman–Crippen LogP) is 2.73. The molecule has 0 bridgehead atoms. The molecule has 2 aromatic heterocycles. The van der Waals surface area contributed by atoms with Crippen LogP contribution in [0.5, 0.6) is 0 Å². The minimum Gasteiger partial charge on any atom is -0.334 e. The molecule has 0 aliphatic carbocycles. The Morgan fingerprint density at radius 1 is 1.22 bits per heavy atom. The van der Waals surface area contributed by atoms with Crippen molar-refractivity contribution in [2.45, 2.75) is 45.6 Å². The number of aromatic nitrogens is 3. The number of hydrogen-bond donors (Lipinski definition) is 0. The van der Waals surface area contributed by atoms with Gasteiger partial charge in [-0.2, -0.15) is 0 Å². The smallest absolute Gasteiger partial charge is 0.274 e. The van der Waals surface area contributed by atoms with Gasteiger partial charge < -0.3 is 4.90 Å². The molecule has 1 unspecified atom stereocenters. The second kappa shape index (κ2) is 6.86. The Hall–Kier alpha value is -2.30. The van der Waals surface area contributed by atoms with Crippen molar-refractivity contribution in [1.29, 1.82) is 0 Å². The van der Waals surface area contributed by atoms with E-state index in [0.29, 0.717) is 11.7 Å². The number of likely N-dealkylation sites (tertiary alicyclic amines) is 1. The van der Waals surface area contributed by atoms with Crippen LogP contribution < -0.4 is 0 Å². The maximum absolute atomic E-state index is 12.6. The average Bonchev–Trinajstić information content (AvgIpc) is 3.01. The Morgan fingerprint density at radius 3 is 2.83 bits per heavy atom. The molecule has 3 heterocycles. The lowest BCUT2D eigenvalue weighted by Gasteiger charge is -2.24. The molecular formula is C18H22N4O. The van der Waals surface area contributed by atoms with Gasteiger partial charge >= 0.3 is 0 Å². The van der Waals surface area contributed by atoms with Gasteiger partial charge in [0.2, 0.25) is 0 Å². The summed E-state index contributed by atoms with van der Waals surface area (Å²) in [6.07, 6.45) is 9.16. The van der Waals surface area contributed by atoms with E-state index >= 15 is 0 Å². The summed E-state index contributed by atoms with van der Waals surface area (Å²) in [4.78, 5) is 27.3. The Balaban J connectivity index is 1.65. The standard InChI is InChI=1S/C18H22N4O/c1-13-10-15(7-8-19-13)5-6-16-4-3-9-22(16)18(23)17-12-20-14(2)11-21-17/h7-8,10-12,16H,3-6,9H2,1-2H3. The molecule has 1 fully saturated rings. The molecule has 23 heavy (non-hydrogen) atoms. The first-order valence-electron chi connectivity index (χ1n) is 8.14. The quantitative estimate of drug-likeness (QED) is 0.871. The molecule has 0 aromatic carbocycles. The minimum atomic E-state index is 0.00547. The number of carbonyl (C=O) groups excluding carboxylic acids is 1. The molecule has 1 amide bonds. The van der Waals surface area contributed by atoms with E-state index in [4.69, 9.17) is 0 Å². The van der Waals surface area contributed by atoms with Gasteiger partial charge in [-0.15, -0.1) is 0 Å². The maximum atomic E-state index is 12.6. The van der Waals surface area contributed by atoms with Crippen LogP contribution in [0.25, 0.3) is 0 Å². The molecule has 0 N–H and O–H groups in total. The van der Waals surface area contributed by atoms with Crippen LogP contribution in [0.15, 0.2) is 30.7 Å². The summed E-state index contributed by atoms with van der Waals surface area (Å²) in [7, 11) is 0. The van der Waals surface area contributed by atoms with Crippen molar-refractivity contribution in [3.8, 4) is 0 Å². The van der Waals surface area contributed by atoms with Gasteiger partial charge in [0, 0.05) is 30.7 Å². The first-order chi connectivity index (χ1) is 11.1. The van der Waals surface area contributed by atoms with Gasteiger partial charge in [0.15, 0.2) is 0 Å². The van der Waals surface area contributed by atoms with Gasteiger partial charge in [0.25, 0.3) is 5.91 Å². The molecule has 0 saturated carbocycles. The average molecular weight is 310 g/mol. The molecule has 3 rings (SSSR count). The fraction of sp³-hybridized carbons (Fsp3) is 0.444. The fourth-order valence-electron chi connectivity index (χ4n) is 3.15. The molecule has 1 atom stereocenters. The summed E-state index contributed by atoms with van der Waals surface area (Å²) in [5.41, 5.74) is 3.60. The lowest BCUT2D eigenvalue weighted by molar-refractivity contribution is 0.0724. The molecule has 5 nitrogen and oxygen atoms in total. The van der Waals surface area contributed by atoms with Crippen LogP contribution in [0.1, 0.15) is 46.7 Å². The monoisotopic (exact) mass is 310 g/mol. The van der Waals surface area contributed by atoms with Crippen LogP contribution in [0.2, 0.25) is 0 Å². The molecule has 1 aliphatic heterocycles. The van der Waals surface area contributed by atoms with Crippen LogP contribution in [0.4, 0.5) is 0 Å². The van der Waals surface area contributed by atoms with E-state index in [1.165, 1.54) is 5.56 Å². The van der Waals surface area contributed by atoms with Crippen molar-refractivity contribution in [3.05, 3.63) is 53.4 Å². The normalized spacial score (nSPS) is 17.5. The number of nitrogens with zero attached hydrogens (tertiary/aromatic N) is 4. The van der Waals surface area contributed by atoms with Gasteiger partial charge in [-0.05, 0) is 57.2 Å². The summed E-state index contributed by atoms with van der Waals surface area (Å²) in [5, 5.41) is 0. The number of amides is 1. The lowest BCUT2D eigenvalue weighted by Crippen LogP contribution is -2.36. The number of hydrogen-bond acceptors (Lipinski definition) is 4. The van der Waals surface area contributed by atoms with E-state index in [0.717, 1.165) is 43.6 Å². The lowest BCUT2D eigenvalue weighted by atomic mass is 10.0. The van der Waals surface area contributed by atoms with Crippen molar-refractivity contribution in [1.82, 2.24) is 19.9 Å². The van der Waals surface area contributed by atoms with Gasteiger partial charge in [0.05, 0.1) is 11.9 Å². The Kier molecular flexibility index (Phi) is 4.65. The Morgan fingerprint density at radius 2 is 2.09 bits per heavy atom. The zero-order chi connectivity index (χ0) is 16.2. The highest BCUT2D eigenvalue weighted by Crippen LogP contribution is 2.23. The number of aryl methyl sites for hydroxylation is 3. The number of pyridine rings is 1. The van der Waals surface area contributed by atoms with Crippen LogP contribution in [-0.4, -0.2) is 38.3 Å². The molecular weight excluding hydrogens is 288 g/mol. The molecule has 0 radical (unpaired) electrons. The van der Waals surface area contributed by atoms with Crippen molar-refractivity contribution >= 4 is 5.91 Å². The van der Waals surface area contributed by atoms with Crippen LogP contribution in [0.3, 0.4) is 0 Å². The second-order valence-corrected chi connectivity index (χ2v) is 6.18. The van der Waals surface area contributed by atoms with Gasteiger partial charge in [-0.3, -0.25) is 14.8 Å². The van der Waals surface area contributed by atoms with Crippen molar-refractivity contribution < 1.29 is 4.79 Å². The van der Waals surface area contributed by atoms with E-state index in [9.17, 15) is 4.79 Å². The topological polar surface area (TPSA) is 59.0 Å². The minimum absolute atomic E-state index is 0.00547. The SMILES string of the molecule is Cc1cnc(C(=O)N2CCCC2CCc2ccnc(C)c2)cn1. The highest BCUT2D eigenvalue weighted by molar-refractivity contribution is 5.92. The third-order valence-corrected chi connectivity index (χ3v) is 4.37. The molecule has 1 aliphatic rings. The molecule has 0 spiro atoms. The first-order valence-corrected chi connectivity index (χ1v) is 8.14. The van der Waals surface area contributed by atoms with Gasteiger partial charge in [-0.1, -0.05) is 0 Å². The maximum Gasteiger partial charge on any atom is 0.274 e. The summed E-state index contributed by atoms with van der Waals surface area (Å²) >= 11 is 0. The van der Waals surface area contributed by atoms with Gasteiger partial charge in [-0.25, -0.2) is 4.98 Å². The fourth-order valence-corrected chi connectivity index (χ4v) is 3.15. The van der Waals surface area contributed by atoms with E-state index in [1.54, 1.807) is 12.4 Å². The van der Waals surface area contributed by atoms with E-state index in [1.807, 2.05) is 24.9 Å². The highest BCUT2D eigenvalue weighted by atomic mass is 16.2. The third-order valence-electron chi connectivity index (χ3n) is 4.37. The van der Waals surface area contributed by atoms with E-state index in [2.05, 4.69) is 27.1 Å². The second-order valence-electron chi connectivity index (χ2n) is 6.18. The first kappa shape index (κ1) is 15.6. The summed E-state index contributed by atoms with van der Waals surface area (Å²) in [5.74, 6) is 0.00547.